The molecule has 30 heavy (non-hydrogen) atoms. The minimum Gasteiger partial charge on any atom is -0.493 e. The predicted octanol–water partition coefficient (Wildman–Crippen LogP) is 4.47. The molecule has 0 atom stereocenters. The summed E-state index contributed by atoms with van der Waals surface area (Å²) in [6.45, 7) is 3.00. The number of fused-ring (bicyclic) bond motifs is 1. The van der Waals surface area contributed by atoms with Crippen LogP contribution < -0.4 is 20.3 Å². The van der Waals surface area contributed by atoms with E-state index in [0.717, 1.165) is 47.6 Å². The molecule has 2 heterocycles. The summed E-state index contributed by atoms with van der Waals surface area (Å²) in [4.78, 5) is 16.5. The van der Waals surface area contributed by atoms with Crippen LogP contribution in [0.4, 0.5) is 16.0 Å². The molecule has 6 nitrogen and oxygen atoms in total. The molecular weight excluding hydrogens is 409 g/mol. The topological polar surface area (TPSA) is 65.4 Å². The van der Waals surface area contributed by atoms with Gasteiger partial charge in [0.15, 0.2) is 0 Å². The third-order valence-electron chi connectivity index (χ3n) is 5.02. The molecule has 1 N–H and O–H groups in total. The van der Waals surface area contributed by atoms with Crippen LogP contribution in [-0.2, 0) is 13.0 Å². The average molecular weight is 430 g/mol. The Balaban J connectivity index is 1.73. The smallest absolute Gasteiger partial charge is 0.316 e. The summed E-state index contributed by atoms with van der Waals surface area (Å²) < 4.78 is 26.1. The highest BCUT2D eigenvalue weighted by molar-refractivity contribution is 6.30. The first kappa shape index (κ1) is 20.2. The van der Waals surface area contributed by atoms with Crippen molar-refractivity contribution in [2.45, 2.75) is 26.3 Å². The molecule has 0 saturated heterocycles. The van der Waals surface area contributed by atoms with Crippen LogP contribution in [0.1, 0.15) is 23.1 Å². The van der Waals surface area contributed by atoms with Crippen LogP contribution in [0.2, 0.25) is 5.02 Å². The van der Waals surface area contributed by atoms with E-state index in [2.05, 4.69) is 10.3 Å². The molecule has 1 aliphatic rings. The summed E-state index contributed by atoms with van der Waals surface area (Å²) >= 11 is 5.92. The number of nitrogens with one attached hydrogen (secondary N) is 1. The molecule has 0 spiro atoms. The minimum atomic E-state index is -0.485. The molecule has 0 radical (unpaired) electrons. The van der Waals surface area contributed by atoms with Gasteiger partial charge in [-0.15, -0.1) is 0 Å². The van der Waals surface area contributed by atoms with Gasteiger partial charge >= 0.3 is 5.56 Å². The Morgan fingerprint density at radius 2 is 2.17 bits per heavy atom. The highest BCUT2D eigenvalue weighted by atomic mass is 35.5. The standard InChI is InChI=1S/C22H21ClFN3O3/c1-13-8-19-15(4-3-7-30-19)10-18(13)25-22-26-21(28)20(29-2)12-27(22)11-14-5-6-17(24)16(23)9-14/h5-6,8-10,12H,3-4,7,11H2,1-2H3,(H,25,26,28). The molecule has 2 aromatic carbocycles. The quantitative estimate of drug-likeness (QED) is 0.648. The Kier molecular flexibility index (Phi) is 5.63. The van der Waals surface area contributed by atoms with Crippen molar-refractivity contribution in [1.29, 1.82) is 0 Å². The highest BCUT2D eigenvalue weighted by Crippen LogP contribution is 2.32. The summed E-state index contributed by atoms with van der Waals surface area (Å²) in [6.07, 6.45) is 3.47. The second kappa shape index (κ2) is 8.36. The monoisotopic (exact) mass is 429 g/mol. The van der Waals surface area contributed by atoms with E-state index in [4.69, 9.17) is 21.1 Å². The second-order valence-electron chi connectivity index (χ2n) is 7.17. The van der Waals surface area contributed by atoms with Crippen LogP contribution in [0.25, 0.3) is 0 Å². The molecule has 4 rings (SSSR count). The minimum absolute atomic E-state index is 0.0357. The van der Waals surface area contributed by atoms with Gasteiger partial charge in [-0.1, -0.05) is 17.7 Å². The summed E-state index contributed by atoms with van der Waals surface area (Å²) in [7, 11) is 1.41. The second-order valence-corrected chi connectivity index (χ2v) is 7.57. The lowest BCUT2D eigenvalue weighted by Gasteiger charge is -2.21. The largest absolute Gasteiger partial charge is 0.493 e. The van der Waals surface area contributed by atoms with Crippen molar-refractivity contribution in [3.63, 3.8) is 0 Å². The predicted molar refractivity (Wildman–Crippen MR) is 114 cm³/mol. The number of anilines is 2. The van der Waals surface area contributed by atoms with Gasteiger partial charge in [-0.05, 0) is 60.7 Å². The van der Waals surface area contributed by atoms with Crippen molar-refractivity contribution in [3.05, 3.63) is 74.4 Å². The number of benzene rings is 2. The van der Waals surface area contributed by atoms with Gasteiger partial charge in [0, 0.05) is 5.69 Å². The Morgan fingerprint density at radius 1 is 1.33 bits per heavy atom. The first-order valence-electron chi connectivity index (χ1n) is 9.57. The van der Waals surface area contributed by atoms with E-state index in [9.17, 15) is 9.18 Å². The van der Waals surface area contributed by atoms with Crippen LogP contribution in [0.3, 0.4) is 0 Å². The summed E-state index contributed by atoms with van der Waals surface area (Å²) in [5.74, 6) is 0.872. The number of aromatic nitrogens is 2. The molecule has 3 aromatic rings. The summed E-state index contributed by atoms with van der Waals surface area (Å²) in [5.41, 5.74) is 3.20. The number of aryl methyl sites for hydroxylation is 2. The van der Waals surface area contributed by atoms with E-state index in [1.165, 1.54) is 13.2 Å². The third kappa shape index (κ3) is 4.11. The Hall–Kier alpha value is -3.06. The van der Waals surface area contributed by atoms with Crippen LogP contribution in [0.15, 0.2) is 41.3 Å². The van der Waals surface area contributed by atoms with E-state index in [1.54, 1.807) is 22.9 Å². The molecule has 0 unspecified atom stereocenters. The normalized spacial score (nSPS) is 12.8. The van der Waals surface area contributed by atoms with E-state index in [1.807, 2.05) is 19.1 Å². The number of ether oxygens (including phenoxy) is 2. The number of hydrogen-bond acceptors (Lipinski definition) is 5. The van der Waals surface area contributed by atoms with Gasteiger partial charge in [0.2, 0.25) is 11.7 Å². The van der Waals surface area contributed by atoms with Crippen LogP contribution >= 0.6 is 11.6 Å². The third-order valence-corrected chi connectivity index (χ3v) is 5.31. The molecule has 8 heteroatoms. The molecule has 156 valence electrons. The van der Waals surface area contributed by atoms with Gasteiger partial charge in [-0.2, -0.15) is 4.98 Å². The summed E-state index contributed by atoms with van der Waals surface area (Å²) in [6, 6.07) is 8.51. The lowest BCUT2D eigenvalue weighted by molar-refractivity contribution is 0.288. The summed E-state index contributed by atoms with van der Waals surface area (Å²) in [5, 5.41) is 3.30. The van der Waals surface area contributed by atoms with Crippen molar-refractivity contribution < 1.29 is 13.9 Å². The van der Waals surface area contributed by atoms with Gasteiger partial charge in [0.05, 0.1) is 31.5 Å². The van der Waals surface area contributed by atoms with Gasteiger partial charge in [0.25, 0.3) is 0 Å². The maximum Gasteiger partial charge on any atom is 0.316 e. The number of hydrogen-bond donors (Lipinski definition) is 1. The van der Waals surface area contributed by atoms with E-state index in [-0.39, 0.29) is 10.8 Å². The molecule has 1 aromatic heterocycles. The molecule has 0 saturated carbocycles. The zero-order valence-corrected chi connectivity index (χ0v) is 17.4. The van der Waals surface area contributed by atoms with Crippen molar-refractivity contribution in [1.82, 2.24) is 9.55 Å². The Morgan fingerprint density at radius 3 is 2.93 bits per heavy atom. The Bertz CT molecular complexity index is 1160. The molecule has 0 fully saturated rings. The van der Waals surface area contributed by atoms with Crippen LogP contribution in [-0.4, -0.2) is 23.3 Å². The van der Waals surface area contributed by atoms with Crippen molar-refractivity contribution >= 4 is 23.2 Å². The van der Waals surface area contributed by atoms with Crippen LogP contribution in [0.5, 0.6) is 11.5 Å². The molecular formula is C22H21ClFN3O3. The van der Waals surface area contributed by atoms with Gasteiger partial charge < -0.3 is 19.4 Å². The fourth-order valence-corrected chi connectivity index (χ4v) is 3.63. The number of nitrogens with zero attached hydrogens (tertiary/aromatic N) is 2. The molecule has 1 aliphatic heterocycles. The van der Waals surface area contributed by atoms with Crippen molar-refractivity contribution in [2.24, 2.45) is 0 Å². The van der Waals surface area contributed by atoms with E-state index in [0.29, 0.717) is 12.5 Å². The SMILES string of the molecule is COc1cn(Cc2ccc(F)c(Cl)c2)c(Nc2cc3c(cc2C)OCCC3)nc1=O. The molecule has 0 bridgehead atoms. The number of halogens is 2. The lowest BCUT2D eigenvalue weighted by atomic mass is 10.0. The highest BCUT2D eigenvalue weighted by Gasteiger charge is 2.16. The first-order valence-corrected chi connectivity index (χ1v) is 9.95. The fraction of sp³-hybridized carbons (Fsp3) is 0.273. The van der Waals surface area contributed by atoms with Gasteiger partial charge in [-0.25, -0.2) is 4.39 Å². The lowest BCUT2D eigenvalue weighted by Crippen LogP contribution is -2.19. The average Bonchev–Trinajstić information content (AvgIpc) is 2.73. The van der Waals surface area contributed by atoms with Crippen molar-refractivity contribution in [2.75, 3.05) is 19.0 Å². The van der Waals surface area contributed by atoms with E-state index >= 15 is 0 Å². The fourth-order valence-electron chi connectivity index (χ4n) is 3.42. The van der Waals surface area contributed by atoms with Crippen molar-refractivity contribution in [3.8, 4) is 11.5 Å². The zero-order valence-electron chi connectivity index (χ0n) is 16.7. The maximum atomic E-state index is 13.5. The molecule has 0 amide bonds. The van der Waals surface area contributed by atoms with E-state index < -0.39 is 11.4 Å². The van der Waals surface area contributed by atoms with Gasteiger partial charge in [-0.3, -0.25) is 4.79 Å². The maximum absolute atomic E-state index is 13.5. The van der Waals surface area contributed by atoms with Gasteiger partial charge in [0.1, 0.15) is 11.6 Å². The zero-order chi connectivity index (χ0) is 21.3. The Labute approximate surface area is 178 Å². The number of methoxy groups -OCH3 is 1. The number of rotatable bonds is 5. The first-order chi connectivity index (χ1) is 14.4. The van der Waals surface area contributed by atoms with Crippen LogP contribution in [0, 0.1) is 12.7 Å². The molecule has 0 aliphatic carbocycles.